The highest BCUT2D eigenvalue weighted by Crippen LogP contribution is 2.32. The monoisotopic (exact) mass is 668 g/mol. The number of aromatic nitrogens is 5. The fourth-order valence-electron chi connectivity index (χ4n) is 6.22. The summed E-state index contributed by atoms with van der Waals surface area (Å²) in [4.78, 5) is 55.9. The van der Waals surface area contributed by atoms with Crippen molar-refractivity contribution in [2.45, 2.75) is 90.3 Å². The summed E-state index contributed by atoms with van der Waals surface area (Å²) < 4.78 is 22.0. The fourth-order valence-corrected chi connectivity index (χ4v) is 7.45. The second kappa shape index (κ2) is 14.3. The standard InChI is InChI=1S/C27H31FN6O4S.C6H10O2/c1-17-21-22(35)33(27(2,3)25(36)31-13-6-5-7-14-31)26(37)32(24(21)39-23(17)34-29-11-12-30-34)15-10-18-16-19(28)8-9-20(18)38-4;7-5-1-2-6(8)4-3-5/h8-9,11-12,16H,5-7,10,13-15H2,1-4H3;5,7H,1-4H2. The van der Waals surface area contributed by atoms with E-state index >= 15 is 0 Å². The highest BCUT2D eigenvalue weighted by atomic mass is 32.1. The Balaban J connectivity index is 0.000000474. The Bertz CT molecular complexity index is 1860. The zero-order valence-electron chi connectivity index (χ0n) is 27.2. The summed E-state index contributed by atoms with van der Waals surface area (Å²) >= 11 is 1.23. The number of benzene rings is 1. The number of ketones is 1. The van der Waals surface area contributed by atoms with Crippen LogP contribution in [0.3, 0.4) is 0 Å². The third-order valence-electron chi connectivity index (χ3n) is 8.87. The minimum atomic E-state index is -1.42. The van der Waals surface area contributed by atoms with Crippen molar-refractivity contribution in [1.82, 2.24) is 29.0 Å². The third-order valence-corrected chi connectivity index (χ3v) is 10.2. The van der Waals surface area contributed by atoms with Crippen LogP contribution in [0.25, 0.3) is 15.2 Å². The number of hydrogen-bond acceptors (Lipinski definition) is 9. The van der Waals surface area contributed by atoms with E-state index in [0.717, 1.165) is 23.8 Å². The first-order valence-electron chi connectivity index (χ1n) is 15.9. The van der Waals surface area contributed by atoms with E-state index in [1.54, 1.807) is 31.7 Å². The number of methoxy groups -OCH3 is 1. The minimum Gasteiger partial charge on any atom is -0.496 e. The average molecular weight is 669 g/mol. The molecule has 0 atom stereocenters. The van der Waals surface area contributed by atoms with Gasteiger partial charge in [-0.15, -0.1) is 4.80 Å². The van der Waals surface area contributed by atoms with E-state index in [1.165, 1.54) is 52.3 Å². The molecule has 1 aromatic carbocycles. The molecular formula is C33H41FN6O6S. The molecule has 1 aliphatic heterocycles. The van der Waals surface area contributed by atoms with Gasteiger partial charge in [0.25, 0.3) is 5.56 Å². The number of aliphatic hydroxyl groups is 1. The van der Waals surface area contributed by atoms with Crippen LogP contribution in [0.5, 0.6) is 5.75 Å². The number of nitrogens with zero attached hydrogens (tertiary/aromatic N) is 6. The van der Waals surface area contributed by atoms with Gasteiger partial charge in [-0.05, 0) is 83.1 Å². The van der Waals surface area contributed by atoms with E-state index in [1.807, 2.05) is 0 Å². The molecule has 0 radical (unpaired) electrons. The lowest BCUT2D eigenvalue weighted by molar-refractivity contribution is -0.140. The molecular weight excluding hydrogens is 627 g/mol. The van der Waals surface area contributed by atoms with Gasteiger partial charge >= 0.3 is 5.69 Å². The molecule has 1 amide bonds. The molecule has 2 fully saturated rings. The molecule has 1 saturated carbocycles. The molecule has 4 aromatic rings. The summed E-state index contributed by atoms with van der Waals surface area (Å²) in [6, 6.07) is 4.23. The van der Waals surface area contributed by atoms with Gasteiger partial charge in [-0.2, -0.15) is 10.2 Å². The number of piperidine rings is 1. The maximum absolute atomic E-state index is 14.1. The SMILES string of the molecule is COc1ccc(F)cc1CCn1c(=O)n(C(C)(C)C(=O)N2CCCCC2)c(=O)c2c(C)c(-n3nccn3)sc21.O=C1CCC(O)CC1. The van der Waals surface area contributed by atoms with Gasteiger partial charge in [0.15, 0.2) is 0 Å². The molecule has 1 saturated heterocycles. The van der Waals surface area contributed by atoms with Gasteiger partial charge in [-0.25, -0.2) is 13.8 Å². The Kier molecular flexibility index (Phi) is 10.4. The number of halogens is 1. The van der Waals surface area contributed by atoms with E-state index in [-0.39, 0.29) is 25.0 Å². The summed E-state index contributed by atoms with van der Waals surface area (Å²) in [7, 11) is 1.50. The van der Waals surface area contributed by atoms with Crippen molar-refractivity contribution >= 4 is 33.2 Å². The maximum atomic E-state index is 14.1. The summed E-state index contributed by atoms with van der Waals surface area (Å²) in [5.41, 5.74) is -1.35. The number of carbonyl (C=O) groups excluding carboxylic acids is 2. The van der Waals surface area contributed by atoms with E-state index < -0.39 is 22.6 Å². The second-order valence-corrected chi connectivity index (χ2v) is 13.5. The van der Waals surface area contributed by atoms with Crippen molar-refractivity contribution in [2.75, 3.05) is 20.2 Å². The zero-order chi connectivity index (χ0) is 33.9. The minimum absolute atomic E-state index is 0.134. The van der Waals surface area contributed by atoms with Crippen molar-refractivity contribution in [3.8, 4) is 10.8 Å². The summed E-state index contributed by atoms with van der Waals surface area (Å²) in [6.45, 7) is 6.35. The van der Waals surface area contributed by atoms with Crippen LogP contribution in [0.15, 0.2) is 40.2 Å². The van der Waals surface area contributed by atoms with Crippen LogP contribution >= 0.6 is 11.3 Å². The Labute approximate surface area is 275 Å². The fraction of sp³-hybridized carbons (Fsp3) is 0.515. The number of likely N-dealkylation sites (tertiary alicyclic amines) is 1. The van der Waals surface area contributed by atoms with Crippen LogP contribution in [0.4, 0.5) is 4.39 Å². The number of aliphatic hydroxyl groups excluding tert-OH is 1. The normalized spacial score (nSPS) is 15.9. The lowest BCUT2D eigenvalue weighted by Crippen LogP contribution is -2.57. The molecule has 2 aliphatic rings. The van der Waals surface area contributed by atoms with Gasteiger partial charge in [0, 0.05) is 38.0 Å². The lowest BCUT2D eigenvalue weighted by Gasteiger charge is -2.35. The first-order valence-corrected chi connectivity index (χ1v) is 16.7. The van der Waals surface area contributed by atoms with Crippen molar-refractivity contribution in [3.05, 3.63) is 68.4 Å². The topological polar surface area (TPSA) is 142 Å². The number of fused-ring (bicyclic) bond motifs is 1. The number of ether oxygens (including phenoxy) is 1. The Hall–Kier alpha value is -4.17. The molecule has 14 heteroatoms. The smallest absolute Gasteiger partial charge is 0.333 e. The van der Waals surface area contributed by atoms with Crippen LogP contribution in [-0.4, -0.2) is 72.1 Å². The molecule has 0 spiro atoms. The molecule has 47 heavy (non-hydrogen) atoms. The van der Waals surface area contributed by atoms with Crippen LogP contribution in [0.1, 0.15) is 69.9 Å². The summed E-state index contributed by atoms with van der Waals surface area (Å²) in [5, 5.41) is 18.2. The number of hydrogen-bond donors (Lipinski definition) is 1. The zero-order valence-corrected chi connectivity index (χ0v) is 28.0. The van der Waals surface area contributed by atoms with Crippen LogP contribution in [0.2, 0.25) is 0 Å². The van der Waals surface area contributed by atoms with Gasteiger partial charge in [0.05, 0.1) is 31.0 Å². The first kappa shape index (κ1) is 34.2. The predicted octanol–water partition coefficient (Wildman–Crippen LogP) is 3.74. The van der Waals surface area contributed by atoms with Gasteiger partial charge < -0.3 is 14.7 Å². The Morgan fingerprint density at radius 2 is 1.74 bits per heavy atom. The largest absolute Gasteiger partial charge is 0.496 e. The van der Waals surface area contributed by atoms with Crippen molar-refractivity contribution in [3.63, 3.8) is 0 Å². The second-order valence-electron chi connectivity index (χ2n) is 12.5. The van der Waals surface area contributed by atoms with Gasteiger partial charge in [0.2, 0.25) is 5.91 Å². The van der Waals surface area contributed by atoms with E-state index in [0.29, 0.717) is 76.7 Å². The molecule has 6 rings (SSSR count). The van der Waals surface area contributed by atoms with Gasteiger partial charge in [-0.1, -0.05) is 11.3 Å². The van der Waals surface area contributed by atoms with Crippen molar-refractivity contribution in [2.24, 2.45) is 0 Å². The summed E-state index contributed by atoms with van der Waals surface area (Å²) in [5.74, 6) is 0.121. The number of rotatable bonds is 7. The van der Waals surface area contributed by atoms with Crippen LogP contribution in [-0.2, 0) is 28.1 Å². The summed E-state index contributed by atoms with van der Waals surface area (Å²) in [6.07, 6.45) is 8.48. The number of carbonyl (C=O) groups is 2. The van der Waals surface area contributed by atoms with Gasteiger partial charge in [0.1, 0.15) is 32.7 Å². The highest BCUT2D eigenvalue weighted by molar-refractivity contribution is 7.21. The van der Waals surface area contributed by atoms with E-state index in [4.69, 9.17) is 9.84 Å². The van der Waals surface area contributed by atoms with Crippen molar-refractivity contribution in [1.29, 1.82) is 0 Å². The molecule has 0 unspecified atom stereocenters. The third kappa shape index (κ3) is 7.08. The number of amides is 1. The predicted molar refractivity (Wildman–Crippen MR) is 176 cm³/mol. The maximum Gasteiger partial charge on any atom is 0.333 e. The van der Waals surface area contributed by atoms with Crippen LogP contribution < -0.4 is 16.0 Å². The molecule has 1 N–H and O–H groups in total. The quantitative estimate of drug-likeness (QED) is 0.314. The number of Topliss-reactive ketones (excluding diaryl/α,β-unsaturated/α-hetero) is 1. The Morgan fingerprint density at radius 3 is 2.36 bits per heavy atom. The molecule has 1 aliphatic carbocycles. The molecule has 3 aromatic heterocycles. The Morgan fingerprint density at radius 1 is 1.09 bits per heavy atom. The molecule has 4 heterocycles. The lowest BCUT2D eigenvalue weighted by atomic mass is 9.97. The number of thiophene rings is 1. The van der Waals surface area contributed by atoms with E-state index in [9.17, 15) is 23.6 Å². The first-order chi connectivity index (χ1) is 22.4. The molecule has 252 valence electrons. The van der Waals surface area contributed by atoms with E-state index in [2.05, 4.69) is 10.2 Å². The average Bonchev–Trinajstić information content (AvgIpc) is 3.71. The molecule has 12 nitrogen and oxygen atoms in total. The van der Waals surface area contributed by atoms with Crippen LogP contribution in [0, 0.1) is 12.7 Å². The molecule has 0 bridgehead atoms. The number of aryl methyl sites for hydroxylation is 3. The van der Waals surface area contributed by atoms with Crippen molar-refractivity contribution < 1.29 is 23.8 Å². The van der Waals surface area contributed by atoms with Gasteiger partial charge in [-0.3, -0.25) is 19.0 Å². The highest BCUT2D eigenvalue weighted by Gasteiger charge is 2.38.